The quantitative estimate of drug-likeness (QED) is 0.0642. The van der Waals surface area contributed by atoms with E-state index in [0.29, 0.717) is 36.5 Å². The van der Waals surface area contributed by atoms with Gasteiger partial charge in [0.05, 0.1) is 33.1 Å². The molecule has 6 nitrogen and oxygen atoms in total. The van der Waals surface area contributed by atoms with Gasteiger partial charge in [-0.25, -0.2) is 8.78 Å². The summed E-state index contributed by atoms with van der Waals surface area (Å²) in [6.07, 6.45) is -8.87. The van der Waals surface area contributed by atoms with E-state index in [1.54, 1.807) is 0 Å². The molecule has 0 aliphatic heterocycles. The van der Waals surface area contributed by atoms with Gasteiger partial charge in [0.1, 0.15) is 11.6 Å². The largest absolute Gasteiger partial charge is 0.417 e. The lowest BCUT2D eigenvalue weighted by atomic mass is 9.95. The monoisotopic (exact) mass is 684 g/mol. The number of benzene rings is 4. The van der Waals surface area contributed by atoms with Crippen molar-refractivity contribution >= 4 is 23.1 Å². The van der Waals surface area contributed by atoms with E-state index in [2.05, 4.69) is 0 Å². The Morgan fingerprint density at radius 3 is 1.28 bits per heavy atom. The third kappa shape index (κ3) is 8.44. The van der Waals surface area contributed by atoms with Crippen molar-refractivity contribution in [2.45, 2.75) is 38.0 Å². The normalized spacial score (nSPS) is 11.9. The first-order valence-corrected chi connectivity index (χ1v) is 15.1. The second kappa shape index (κ2) is 14.5. The molecule has 0 aliphatic rings. The fourth-order valence-electron chi connectivity index (χ4n) is 5.13. The molecule has 0 atom stereocenters. The highest BCUT2D eigenvalue weighted by atomic mass is 32.2. The number of aryl methyl sites for hydroxylation is 2. The SMILES string of the molecule is O=[N+]([O-])c1cc(F)c(-c2ccccc2C(F)(F)F)cc1CCCSCCCc1cc(-c2ccccc2C(F)(F)F)c(F)cc1[N+](=O)[O-]. The number of nitrogens with zero attached hydrogens (tertiary/aromatic N) is 2. The van der Waals surface area contributed by atoms with Crippen LogP contribution < -0.4 is 0 Å². The van der Waals surface area contributed by atoms with Crippen LogP contribution in [-0.4, -0.2) is 21.4 Å². The van der Waals surface area contributed by atoms with Gasteiger partial charge < -0.3 is 0 Å². The number of hydrogen-bond donors (Lipinski definition) is 0. The molecule has 4 aromatic carbocycles. The molecule has 0 spiro atoms. The van der Waals surface area contributed by atoms with Gasteiger partial charge in [0, 0.05) is 22.3 Å². The second-order valence-electron chi connectivity index (χ2n) is 10.3. The van der Waals surface area contributed by atoms with Crippen LogP contribution in [0, 0.1) is 31.9 Å². The summed E-state index contributed by atoms with van der Waals surface area (Å²) in [7, 11) is 0. The molecule has 0 bridgehead atoms. The Labute approximate surface area is 266 Å². The third-order valence-electron chi connectivity index (χ3n) is 7.24. The van der Waals surface area contributed by atoms with Crippen LogP contribution in [0.2, 0.25) is 0 Å². The van der Waals surface area contributed by atoms with Crippen LogP contribution in [0.25, 0.3) is 22.3 Å². The van der Waals surface area contributed by atoms with E-state index in [1.165, 1.54) is 23.9 Å². The fraction of sp³-hybridized carbons (Fsp3) is 0.250. The minimum absolute atomic E-state index is 0.0379. The van der Waals surface area contributed by atoms with Crippen LogP contribution in [0.15, 0.2) is 72.8 Å². The Morgan fingerprint density at radius 2 is 0.936 bits per heavy atom. The lowest BCUT2D eigenvalue weighted by Gasteiger charge is -2.15. The Kier molecular flexibility index (Phi) is 10.9. The zero-order valence-corrected chi connectivity index (χ0v) is 24.9. The van der Waals surface area contributed by atoms with E-state index in [-0.39, 0.29) is 24.0 Å². The molecule has 15 heteroatoms. The molecule has 0 aromatic heterocycles. The average molecular weight is 685 g/mol. The van der Waals surface area contributed by atoms with Crippen LogP contribution >= 0.6 is 11.8 Å². The van der Waals surface area contributed by atoms with Crippen molar-refractivity contribution in [2.75, 3.05) is 11.5 Å². The van der Waals surface area contributed by atoms with E-state index in [4.69, 9.17) is 0 Å². The number of thioether (sulfide) groups is 1. The summed E-state index contributed by atoms with van der Waals surface area (Å²) in [5.41, 5.74) is -5.02. The molecule has 0 saturated heterocycles. The first-order valence-electron chi connectivity index (χ1n) is 13.9. The molecule has 4 aromatic rings. The van der Waals surface area contributed by atoms with Crippen molar-refractivity contribution in [1.82, 2.24) is 0 Å². The zero-order chi connectivity index (χ0) is 34.5. The molecule has 0 radical (unpaired) electrons. The number of rotatable bonds is 12. The van der Waals surface area contributed by atoms with Gasteiger partial charge in [-0.05, 0) is 72.6 Å². The molecule has 0 unspecified atom stereocenters. The fourth-order valence-corrected chi connectivity index (χ4v) is 6.03. The minimum atomic E-state index is -4.79. The van der Waals surface area contributed by atoms with Crippen molar-refractivity contribution in [1.29, 1.82) is 0 Å². The Bertz CT molecular complexity index is 1670. The van der Waals surface area contributed by atoms with E-state index >= 15 is 0 Å². The Hall–Kier alpha value is -4.53. The molecule has 0 N–H and O–H groups in total. The van der Waals surface area contributed by atoms with Gasteiger partial charge in [0.25, 0.3) is 11.4 Å². The number of alkyl halides is 6. The summed E-state index contributed by atoms with van der Waals surface area (Å²) in [5, 5.41) is 23.1. The predicted octanol–water partition coefficient (Wildman–Crippen LogP) is 10.5. The lowest BCUT2D eigenvalue weighted by Crippen LogP contribution is -2.08. The highest BCUT2D eigenvalue weighted by Gasteiger charge is 2.35. The number of nitro benzene ring substituents is 2. The van der Waals surface area contributed by atoms with Gasteiger partial charge >= 0.3 is 12.4 Å². The molecule has 0 aliphatic carbocycles. The number of nitro groups is 2. The summed E-state index contributed by atoms with van der Waals surface area (Å²) in [6.45, 7) is 0. The molecule has 0 fully saturated rings. The molecule has 0 saturated carbocycles. The van der Waals surface area contributed by atoms with E-state index in [9.17, 15) is 55.4 Å². The molecule has 248 valence electrons. The summed E-state index contributed by atoms with van der Waals surface area (Å²) in [6, 6.07) is 11.9. The van der Waals surface area contributed by atoms with E-state index < -0.39 is 78.6 Å². The highest BCUT2D eigenvalue weighted by Crippen LogP contribution is 2.41. The van der Waals surface area contributed by atoms with Gasteiger partial charge in [-0.15, -0.1) is 0 Å². The van der Waals surface area contributed by atoms with Crippen molar-refractivity contribution in [3.05, 3.63) is 127 Å². The molecule has 47 heavy (non-hydrogen) atoms. The first kappa shape index (κ1) is 35.3. The lowest BCUT2D eigenvalue weighted by molar-refractivity contribution is -0.385. The molecule has 0 amide bonds. The maximum atomic E-state index is 14.8. The minimum Gasteiger partial charge on any atom is -0.258 e. The summed E-state index contributed by atoms with van der Waals surface area (Å²) < 4.78 is 111. The summed E-state index contributed by atoms with van der Waals surface area (Å²) in [5.74, 6) is -1.55. The van der Waals surface area contributed by atoms with Crippen molar-refractivity contribution < 1.29 is 45.0 Å². The maximum Gasteiger partial charge on any atom is 0.417 e. The average Bonchev–Trinajstić information content (AvgIpc) is 3.00. The first-order chi connectivity index (χ1) is 22.1. The van der Waals surface area contributed by atoms with Crippen LogP contribution in [-0.2, 0) is 25.2 Å². The number of halogens is 8. The van der Waals surface area contributed by atoms with Gasteiger partial charge in [-0.2, -0.15) is 38.1 Å². The van der Waals surface area contributed by atoms with Crippen molar-refractivity contribution in [3.8, 4) is 22.3 Å². The standard InChI is InChI=1S/C32H24F8N2O4S/c33-27-17-29(41(43)44)19(15-23(27)21-9-1-3-11-25(21)31(35,36)37)7-5-13-47-14-6-8-20-16-24(28(34)18-30(20)42(45)46)22-10-2-4-12-26(22)32(38,39)40/h1-4,9-12,15-18H,5-8,13-14H2. The zero-order valence-electron chi connectivity index (χ0n) is 24.1. The van der Waals surface area contributed by atoms with Crippen molar-refractivity contribution in [2.24, 2.45) is 0 Å². The Morgan fingerprint density at radius 1 is 0.574 bits per heavy atom. The third-order valence-corrected chi connectivity index (χ3v) is 8.40. The molecular formula is C32H24F8N2O4S. The second-order valence-corrected chi connectivity index (χ2v) is 11.6. The summed E-state index contributed by atoms with van der Waals surface area (Å²) >= 11 is 1.35. The topological polar surface area (TPSA) is 86.3 Å². The van der Waals surface area contributed by atoms with Gasteiger partial charge in [-0.1, -0.05) is 36.4 Å². The van der Waals surface area contributed by atoms with Gasteiger partial charge in [0.15, 0.2) is 0 Å². The smallest absolute Gasteiger partial charge is 0.258 e. The van der Waals surface area contributed by atoms with Crippen LogP contribution in [0.5, 0.6) is 0 Å². The van der Waals surface area contributed by atoms with Crippen molar-refractivity contribution in [3.63, 3.8) is 0 Å². The van der Waals surface area contributed by atoms with Crippen LogP contribution in [0.4, 0.5) is 46.5 Å². The molecule has 4 rings (SSSR count). The van der Waals surface area contributed by atoms with Crippen LogP contribution in [0.3, 0.4) is 0 Å². The van der Waals surface area contributed by atoms with Gasteiger partial charge in [-0.3, -0.25) is 20.2 Å². The predicted molar refractivity (Wildman–Crippen MR) is 161 cm³/mol. The molecular weight excluding hydrogens is 660 g/mol. The number of hydrogen-bond acceptors (Lipinski definition) is 5. The maximum absolute atomic E-state index is 14.8. The summed E-state index contributed by atoms with van der Waals surface area (Å²) in [4.78, 5) is 21.5. The van der Waals surface area contributed by atoms with E-state index in [0.717, 1.165) is 48.5 Å². The highest BCUT2D eigenvalue weighted by molar-refractivity contribution is 7.99. The Balaban J connectivity index is 1.43. The van der Waals surface area contributed by atoms with E-state index in [1.807, 2.05) is 0 Å². The van der Waals surface area contributed by atoms with Crippen LogP contribution in [0.1, 0.15) is 35.1 Å². The van der Waals surface area contributed by atoms with Gasteiger partial charge in [0.2, 0.25) is 0 Å². The molecule has 0 heterocycles.